The van der Waals surface area contributed by atoms with Crippen molar-refractivity contribution >= 4 is 21.4 Å². The van der Waals surface area contributed by atoms with E-state index in [-0.39, 0.29) is 16.1 Å². The molecular formula is C15H15N3O2S. The zero-order chi connectivity index (χ0) is 15.3. The molecule has 0 unspecified atom stereocenters. The van der Waals surface area contributed by atoms with Crippen molar-refractivity contribution in [3.05, 3.63) is 54.1 Å². The van der Waals surface area contributed by atoms with Crippen LogP contribution in [-0.4, -0.2) is 15.0 Å². The second-order valence-corrected chi connectivity index (χ2v) is 5.94. The molecule has 0 aliphatic heterocycles. The Bertz CT molecular complexity index is 780. The first kappa shape index (κ1) is 14.9. The maximum atomic E-state index is 12.5. The van der Waals surface area contributed by atoms with Gasteiger partial charge in [-0.1, -0.05) is 24.3 Å². The zero-order valence-corrected chi connectivity index (χ0v) is 12.3. The van der Waals surface area contributed by atoms with E-state index >= 15 is 0 Å². The molecule has 6 heteroatoms. The molecule has 5 nitrogen and oxygen atoms in total. The molecule has 0 amide bonds. The summed E-state index contributed by atoms with van der Waals surface area (Å²) in [5.41, 5.74) is 1.08. The number of anilines is 2. The minimum Gasteiger partial charge on any atom is -0.384 e. The van der Waals surface area contributed by atoms with Gasteiger partial charge in [-0.15, -0.1) is 0 Å². The monoisotopic (exact) mass is 301 g/mol. The summed E-state index contributed by atoms with van der Waals surface area (Å²) in [6.07, 6.45) is 0. The normalized spacial score (nSPS) is 10.7. The average molecular weight is 301 g/mol. The van der Waals surface area contributed by atoms with E-state index in [1.807, 2.05) is 13.0 Å². The number of nitrogens with one attached hydrogen (secondary N) is 2. The third-order valence-electron chi connectivity index (χ3n) is 2.84. The molecule has 0 aliphatic rings. The van der Waals surface area contributed by atoms with E-state index in [2.05, 4.69) is 10.0 Å². The van der Waals surface area contributed by atoms with Crippen molar-refractivity contribution in [2.45, 2.75) is 11.8 Å². The lowest BCUT2D eigenvalue weighted by molar-refractivity contribution is 0.601. The van der Waals surface area contributed by atoms with Crippen LogP contribution in [0.3, 0.4) is 0 Å². The fourth-order valence-corrected chi connectivity index (χ4v) is 3.17. The van der Waals surface area contributed by atoms with Crippen LogP contribution in [0.4, 0.5) is 11.4 Å². The van der Waals surface area contributed by atoms with Gasteiger partial charge < -0.3 is 5.32 Å². The molecule has 0 spiro atoms. The fraction of sp³-hybridized carbons (Fsp3) is 0.133. The van der Waals surface area contributed by atoms with E-state index in [1.165, 1.54) is 6.07 Å². The fourth-order valence-electron chi connectivity index (χ4n) is 1.91. The average Bonchev–Trinajstić information content (AvgIpc) is 2.48. The van der Waals surface area contributed by atoms with Crippen LogP contribution < -0.4 is 10.0 Å². The van der Waals surface area contributed by atoms with Crippen LogP contribution in [0.5, 0.6) is 0 Å². The summed E-state index contributed by atoms with van der Waals surface area (Å²) in [7, 11) is -3.76. The lowest BCUT2D eigenvalue weighted by Gasteiger charge is -2.13. The van der Waals surface area contributed by atoms with E-state index in [4.69, 9.17) is 5.26 Å². The topological polar surface area (TPSA) is 82.0 Å². The highest BCUT2D eigenvalue weighted by Gasteiger charge is 2.19. The Hall–Kier alpha value is -2.52. The maximum Gasteiger partial charge on any atom is 0.263 e. The van der Waals surface area contributed by atoms with E-state index in [0.717, 1.165) is 0 Å². The standard InChI is InChI=1S/C15H15N3O2S/c1-2-17-14-9-5-6-10-15(14)21(19,20)18-13-8-4-3-7-12(13)11-16/h3-10,17-18H,2H2,1H3. The minimum absolute atomic E-state index is 0.152. The largest absolute Gasteiger partial charge is 0.384 e. The molecule has 0 fully saturated rings. The molecule has 0 bridgehead atoms. The summed E-state index contributed by atoms with van der Waals surface area (Å²) >= 11 is 0. The number of hydrogen-bond donors (Lipinski definition) is 2. The molecule has 21 heavy (non-hydrogen) atoms. The van der Waals surface area contributed by atoms with Crippen LogP contribution in [0.2, 0.25) is 0 Å². The van der Waals surface area contributed by atoms with Crippen molar-refractivity contribution < 1.29 is 8.42 Å². The van der Waals surface area contributed by atoms with Crippen molar-refractivity contribution in [2.75, 3.05) is 16.6 Å². The molecular weight excluding hydrogens is 286 g/mol. The van der Waals surface area contributed by atoms with E-state index in [0.29, 0.717) is 12.2 Å². The van der Waals surface area contributed by atoms with Crippen LogP contribution >= 0.6 is 0 Å². The quantitative estimate of drug-likeness (QED) is 0.889. The Morgan fingerprint density at radius 2 is 1.67 bits per heavy atom. The van der Waals surface area contributed by atoms with Gasteiger partial charge in [0.05, 0.1) is 16.9 Å². The minimum atomic E-state index is -3.76. The Morgan fingerprint density at radius 3 is 2.33 bits per heavy atom. The third-order valence-corrected chi connectivity index (χ3v) is 4.26. The first-order chi connectivity index (χ1) is 10.1. The van der Waals surface area contributed by atoms with Gasteiger partial charge >= 0.3 is 0 Å². The number of nitriles is 1. The summed E-state index contributed by atoms with van der Waals surface area (Å²) in [5, 5.41) is 12.0. The Balaban J connectivity index is 2.42. The first-order valence-corrected chi connectivity index (χ1v) is 7.91. The molecule has 0 heterocycles. The molecule has 2 N–H and O–H groups in total. The van der Waals surface area contributed by atoms with Gasteiger partial charge in [0.1, 0.15) is 11.0 Å². The van der Waals surface area contributed by atoms with Gasteiger partial charge in [0.2, 0.25) is 0 Å². The molecule has 108 valence electrons. The SMILES string of the molecule is CCNc1ccccc1S(=O)(=O)Nc1ccccc1C#N. The molecule has 0 aliphatic carbocycles. The second kappa shape index (κ2) is 6.29. The number of hydrogen-bond acceptors (Lipinski definition) is 4. The predicted octanol–water partition coefficient (Wildman–Crippen LogP) is 2.79. The molecule has 2 aromatic rings. The van der Waals surface area contributed by atoms with Crippen LogP contribution in [0.25, 0.3) is 0 Å². The number of sulfonamides is 1. The molecule has 0 saturated heterocycles. The molecule has 2 rings (SSSR count). The van der Waals surface area contributed by atoms with Gasteiger partial charge in [0, 0.05) is 6.54 Å². The lowest BCUT2D eigenvalue weighted by Crippen LogP contribution is -2.16. The Labute approximate surface area is 124 Å². The smallest absolute Gasteiger partial charge is 0.263 e. The van der Waals surface area contributed by atoms with E-state index in [9.17, 15) is 8.42 Å². The summed E-state index contributed by atoms with van der Waals surface area (Å²) in [4.78, 5) is 0.152. The van der Waals surface area contributed by atoms with E-state index in [1.54, 1.807) is 42.5 Å². The number of nitrogens with zero attached hydrogens (tertiary/aromatic N) is 1. The zero-order valence-electron chi connectivity index (χ0n) is 11.5. The molecule has 0 saturated carbocycles. The molecule has 0 aromatic heterocycles. The maximum absolute atomic E-state index is 12.5. The summed E-state index contributed by atoms with van der Waals surface area (Å²) in [5.74, 6) is 0. The van der Waals surface area contributed by atoms with Gasteiger partial charge in [0.25, 0.3) is 10.0 Å². The van der Waals surface area contributed by atoms with E-state index < -0.39 is 10.0 Å². The van der Waals surface area contributed by atoms with Crippen LogP contribution in [0.15, 0.2) is 53.4 Å². The van der Waals surface area contributed by atoms with Crippen molar-refractivity contribution in [3.8, 4) is 6.07 Å². The first-order valence-electron chi connectivity index (χ1n) is 6.43. The van der Waals surface area contributed by atoms with Gasteiger partial charge in [-0.05, 0) is 31.2 Å². The highest BCUT2D eigenvalue weighted by atomic mass is 32.2. The van der Waals surface area contributed by atoms with Crippen molar-refractivity contribution in [1.29, 1.82) is 5.26 Å². The molecule has 0 atom stereocenters. The third kappa shape index (κ3) is 3.33. The van der Waals surface area contributed by atoms with Gasteiger partial charge in [0.15, 0.2) is 0 Å². The van der Waals surface area contributed by atoms with Crippen molar-refractivity contribution in [1.82, 2.24) is 0 Å². The predicted molar refractivity (Wildman–Crippen MR) is 82.6 cm³/mol. The van der Waals surface area contributed by atoms with Crippen LogP contribution in [0, 0.1) is 11.3 Å². The number of rotatable bonds is 5. The molecule has 0 radical (unpaired) electrons. The number of para-hydroxylation sites is 2. The van der Waals surface area contributed by atoms with Gasteiger partial charge in [-0.3, -0.25) is 4.72 Å². The second-order valence-electron chi connectivity index (χ2n) is 4.29. The Morgan fingerprint density at radius 1 is 1.05 bits per heavy atom. The van der Waals surface area contributed by atoms with Gasteiger partial charge in [-0.25, -0.2) is 8.42 Å². The Kier molecular flexibility index (Phi) is 4.45. The van der Waals surface area contributed by atoms with Crippen molar-refractivity contribution in [2.24, 2.45) is 0 Å². The van der Waals surface area contributed by atoms with Crippen LogP contribution in [-0.2, 0) is 10.0 Å². The van der Waals surface area contributed by atoms with Crippen LogP contribution in [0.1, 0.15) is 12.5 Å². The highest BCUT2D eigenvalue weighted by Crippen LogP contribution is 2.24. The summed E-state index contributed by atoms with van der Waals surface area (Å²) < 4.78 is 27.5. The number of benzene rings is 2. The van der Waals surface area contributed by atoms with Gasteiger partial charge in [-0.2, -0.15) is 5.26 Å². The molecule has 2 aromatic carbocycles. The lowest BCUT2D eigenvalue weighted by atomic mass is 10.2. The van der Waals surface area contributed by atoms with Crippen molar-refractivity contribution in [3.63, 3.8) is 0 Å². The summed E-state index contributed by atoms with van der Waals surface area (Å²) in [6.45, 7) is 2.50. The summed E-state index contributed by atoms with van der Waals surface area (Å²) in [6, 6.07) is 15.1. The highest BCUT2D eigenvalue weighted by molar-refractivity contribution is 7.92.